The highest BCUT2D eigenvalue weighted by Gasteiger charge is 2.25. The fourth-order valence-corrected chi connectivity index (χ4v) is 3.53. The van der Waals surface area contributed by atoms with Gasteiger partial charge in [0, 0.05) is 22.8 Å². The number of nitrogens with zero attached hydrogens (tertiary/aromatic N) is 1. The van der Waals surface area contributed by atoms with Crippen molar-refractivity contribution in [3.63, 3.8) is 0 Å². The molecule has 3 N–H and O–H groups in total. The first-order valence-corrected chi connectivity index (χ1v) is 10.1. The number of pyridine rings is 1. The summed E-state index contributed by atoms with van der Waals surface area (Å²) in [5, 5.41) is 7.51. The molecule has 0 aliphatic carbocycles. The molecule has 2 amide bonds. The van der Waals surface area contributed by atoms with Gasteiger partial charge in [-0.2, -0.15) is 0 Å². The minimum Gasteiger partial charge on any atom is -0.353 e. The summed E-state index contributed by atoms with van der Waals surface area (Å²) in [6.07, 6.45) is 1.63. The Labute approximate surface area is 178 Å². The van der Waals surface area contributed by atoms with Gasteiger partial charge in [-0.15, -0.1) is 0 Å². The summed E-state index contributed by atoms with van der Waals surface area (Å²) in [4.78, 5) is 33.1. The number of aromatic amines is 1. The van der Waals surface area contributed by atoms with Crippen LogP contribution in [0.25, 0.3) is 21.8 Å². The van der Waals surface area contributed by atoms with Crippen LogP contribution in [-0.4, -0.2) is 27.8 Å². The molecule has 0 radical (unpaired) electrons. The van der Waals surface area contributed by atoms with Crippen LogP contribution >= 0.6 is 0 Å². The Morgan fingerprint density at radius 3 is 2.52 bits per heavy atom. The standard InChI is InChI=1S/C24H23FN4O2/c1-14(2)22(24(31)27-12-15-7-9-16(25)10-8-15)29-23(30)20-11-18-17-5-3-4-6-19(17)28-21(18)13-26-20/h3-11,13-14,22,28H,12H2,1-2H3,(H,27,31)(H,29,30). The van der Waals surface area contributed by atoms with Gasteiger partial charge in [-0.05, 0) is 35.7 Å². The van der Waals surface area contributed by atoms with Crippen molar-refractivity contribution < 1.29 is 14.0 Å². The molecule has 0 saturated heterocycles. The molecule has 2 aromatic heterocycles. The zero-order valence-corrected chi connectivity index (χ0v) is 17.3. The SMILES string of the molecule is CC(C)C(NC(=O)c1cc2c(cn1)[nH]c1ccccc12)C(=O)NCc1ccc(F)cc1. The van der Waals surface area contributed by atoms with Gasteiger partial charge in [0.05, 0.1) is 11.7 Å². The zero-order chi connectivity index (χ0) is 22.0. The Kier molecular flexibility index (Phi) is 5.66. The second kappa shape index (κ2) is 8.55. The Hall–Kier alpha value is -3.74. The second-order valence-corrected chi connectivity index (χ2v) is 7.83. The molecule has 2 aromatic carbocycles. The lowest BCUT2D eigenvalue weighted by Crippen LogP contribution is -2.49. The van der Waals surface area contributed by atoms with Crippen molar-refractivity contribution in [3.8, 4) is 0 Å². The second-order valence-electron chi connectivity index (χ2n) is 7.83. The predicted octanol–water partition coefficient (Wildman–Crippen LogP) is 3.93. The van der Waals surface area contributed by atoms with Gasteiger partial charge in [0.25, 0.3) is 5.91 Å². The van der Waals surface area contributed by atoms with E-state index in [-0.39, 0.29) is 29.9 Å². The smallest absolute Gasteiger partial charge is 0.270 e. The highest BCUT2D eigenvalue weighted by molar-refractivity contribution is 6.09. The van der Waals surface area contributed by atoms with E-state index in [9.17, 15) is 14.0 Å². The van der Waals surface area contributed by atoms with Crippen LogP contribution in [0.2, 0.25) is 0 Å². The summed E-state index contributed by atoms with van der Waals surface area (Å²) in [5.41, 5.74) is 2.83. The summed E-state index contributed by atoms with van der Waals surface area (Å²) < 4.78 is 13.0. The molecular formula is C24H23FN4O2. The number of rotatable bonds is 6. The van der Waals surface area contributed by atoms with Gasteiger partial charge in [-0.1, -0.05) is 44.2 Å². The Bertz CT molecular complexity index is 1250. The molecule has 4 aromatic rings. The average molecular weight is 418 g/mol. The number of halogens is 1. The van der Waals surface area contributed by atoms with Crippen molar-refractivity contribution in [1.82, 2.24) is 20.6 Å². The number of carbonyl (C=O) groups excluding carboxylic acids is 2. The van der Waals surface area contributed by atoms with Gasteiger partial charge in [-0.25, -0.2) is 9.37 Å². The number of amides is 2. The summed E-state index contributed by atoms with van der Waals surface area (Å²) >= 11 is 0. The molecular weight excluding hydrogens is 395 g/mol. The molecule has 0 bridgehead atoms. The summed E-state index contributed by atoms with van der Waals surface area (Å²) in [6, 6.07) is 14.7. The largest absolute Gasteiger partial charge is 0.353 e. The van der Waals surface area contributed by atoms with E-state index in [4.69, 9.17) is 0 Å². The van der Waals surface area contributed by atoms with Gasteiger partial charge in [0.15, 0.2) is 0 Å². The van der Waals surface area contributed by atoms with Crippen LogP contribution in [0.1, 0.15) is 29.9 Å². The molecule has 0 aliphatic heterocycles. The molecule has 0 spiro atoms. The maximum Gasteiger partial charge on any atom is 0.270 e. The van der Waals surface area contributed by atoms with E-state index in [0.717, 1.165) is 27.4 Å². The number of fused-ring (bicyclic) bond motifs is 3. The van der Waals surface area contributed by atoms with E-state index in [2.05, 4.69) is 20.6 Å². The molecule has 7 heteroatoms. The van der Waals surface area contributed by atoms with E-state index in [1.54, 1.807) is 24.4 Å². The fourth-order valence-electron chi connectivity index (χ4n) is 3.53. The summed E-state index contributed by atoms with van der Waals surface area (Å²) in [6.45, 7) is 3.97. The number of H-pyrrole nitrogens is 1. The normalized spacial score (nSPS) is 12.3. The van der Waals surface area contributed by atoms with Crippen LogP contribution in [-0.2, 0) is 11.3 Å². The van der Waals surface area contributed by atoms with Crippen molar-refractivity contribution in [2.45, 2.75) is 26.4 Å². The van der Waals surface area contributed by atoms with E-state index >= 15 is 0 Å². The first kappa shape index (κ1) is 20.5. The van der Waals surface area contributed by atoms with E-state index in [0.29, 0.717) is 0 Å². The van der Waals surface area contributed by atoms with Gasteiger partial charge in [0.2, 0.25) is 5.91 Å². The molecule has 1 unspecified atom stereocenters. The van der Waals surface area contributed by atoms with Crippen LogP contribution in [0.5, 0.6) is 0 Å². The van der Waals surface area contributed by atoms with Crippen LogP contribution in [0.3, 0.4) is 0 Å². The maximum absolute atomic E-state index is 13.0. The third kappa shape index (κ3) is 4.40. The molecule has 6 nitrogen and oxygen atoms in total. The minimum absolute atomic E-state index is 0.131. The van der Waals surface area contributed by atoms with Crippen molar-refractivity contribution in [2.24, 2.45) is 5.92 Å². The third-order valence-electron chi connectivity index (χ3n) is 5.24. The number of hydrogen-bond acceptors (Lipinski definition) is 3. The van der Waals surface area contributed by atoms with Crippen LogP contribution in [0.15, 0.2) is 60.8 Å². The molecule has 1 atom stereocenters. The highest BCUT2D eigenvalue weighted by Crippen LogP contribution is 2.25. The minimum atomic E-state index is -0.728. The van der Waals surface area contributed by atoms with E-state index in [1.807, 2.05) is 38.1 Å². The van der Waals surface area contributed by atoms with Crippen molar-refractivity contribution in [3.05, 3.63) is 77.9 Å². The molecule has 2 heterocycles. The quantitative estimate of drug-likeness (QED) is 0.443. The highest BCUT2D eigenvalue weighted by atomic mass is 19.1. The maximum atomic E-state index is 13.0. The van der Waals surface area contributed by atoms with Gasteiger partial charge >= 0.3 is 0 Å². The monoisotopic (exact) mass is 418 g/mol. The van der Waals surface area contributed by atoms with Crippen molar-refractivity contribution >= 4 is 33.6 Å². The Morgan fingerprint density at radius 1 is 1.03 bits per heavy atom. The average Bonchev–Trinajstić information content (AvgIpc) is 3.14. The van der Waals surface area contributed by atoms with Crippen LogP contribution < -0.4 is 10.6 Å². The first-order valence-electron chi connectivity index (χ1n) is 10.1. The first-order chi connectivity index (χ1) is 14.9. The van der Waals surface area contributed by atoms with Crippen molar-refractivity contribution in [2.75, 3.05) is 0 Å². The number of benzene rings is 2. The molecule has 0 fully saturated rings. The number of nitrogens with one attached hydrogen (secondary N) is 3. The Morgan fingerprint density at radius 2 is 1.77 bits per heavy atom. The fraction of sp³-hybridized carbons (Fsp3) is 0.208. The summed E-state index contributed by atoms with van der Waals surface area (Å²) in [5.74, 6) is -1.18. The Balaban J connectivity index is 1.49. The molecule has 0 aliphatic rings. The topological polar surface area (TPSA) is 86.9 Å². The number of hydrogen-bond donors (Lipinski definition) is 3. The van der Waals surface area contributed by atoms with Crippen LogP contribution in [0, 0.1) is 11.7 Å². The third-order valence-corrected chi connectivity index (χ3v) is 5.24. The molecule has 4 rings (SSSR count). The number of para-hydroxylation sites is 1. The zero-order valence-electron chi connectivity index (χ0n) is 17.3. The van der Waals surface area contributed by atoms with Gasteiger partial charge in [0.1, 0.15) is 17.6 Å². The molecule has 158 valence electrons. The van der Waals surface area contributed by atoms with Gasteiger partial charge < -0.3 is 15.6 Å². The number of aromatic nitrogens is 2. The number of carbonyl (C=O) groups is 2. The lowest BCUT2D eigenvalue weighted by atomic mass is 10.0. The van der Waals surface area contributed by atoms with Crippen LogP contribution in [0.4, 0.5) is 4.39 Å². The molecule has 0 saturated carbocycles. The van der Waals surface area contributed by atoms with Gasteiger partial charge in [-0.3, -0.25) is 9.59 Å². The van der Waals surface area contributed by atoms with E-state index in [1.165, 1.54) is 12.1 Å². The molecule has 31 heavy (non-hydrogen) atoms. The predicted molar refractivity (Wildman–Crippen MR) is 118 cm³/mol. The lowest BCUT2D eigenvalue weighted by Gasteiger charge is -2.21. The lowest BCUT2D eigenvalue weighted by molar-refractivity contribution is -0.124. The van der Waals surface area contributed by atoms with E-state index < -0.39 is 11.9 Å². The van der Waals surface area contributed by atoms with Crippen molar-refractivity contribution in [1.29, 1.82) is 0 Å². The summed E-state index contributed by atoms with van der Waals surface area (Å²) in [7, 11) is 0.